The maximum Gasteiger partial charge on any atom is 0.472 e. The summed E-state index contributed by atoms with van der Waals surface area (Å²) in [4.78, 5) is 81.2. The second kappa shape index (κ2) is 17.8. The van der Waals surface area contributed by atoms with Gasteiger partial charge in [0.2, 0.25) is 0 Å². The van der Waals surface area contributed by atoms with E-state index in [9.17, 15) is 56.5 Å². The highest BCUT2D eigenvalue weighted by atomic mass is 31.2. The Kier molecular flexibility index (Phi) is 13.7. The highest BCUT2D eigenvalue weighted by Gasteiger charge is 2.50. The number of unbranched alkanes of at least 4 members (excludes halogenated alkanes) is 1. The number of phosphoric acid groups is 2. The first-order valence-corrected chi connectivity index (χ1v) is 19.6. The molecule has 5 rings (SSSR count). The van der Waals surface area contributed by atoms with Gasteiger partial charge in [0.15, 0.2) is 23.8 Å². The lowest BCUT2D eigenvalue weighted by atomic mass is 10.1. The zero-order chi connectivity index (χ0) is 41.9. The largest absolute Gasteiger partial charge is 0.472 e. The number of aliphatic hydroxyl groups excluding tert-OH is 1. The number of aliphatic hydroxyl groups is 1. The average Bonchev–Trinajstić information content (AvgIpc) is 3.81. The van der Waals surface area contributed by atoms with Gasteiger partial charge >= 0.3 is 39.4 Å². The SMILES string of the molecule is Nc1ccn([C@H]2C[C@H](OP(=O)(O)OC[C@H]3O[C@@H](n4cnc5c(N)ncnc54)[C@H](O)[C@@H]3OC(=O)[C@@H](N)CCCCNC(=O)C(F)(F)F)[C@@H](COP(=O)(O)O)O2)c(=O)n1. The maximum absolute atomic E-state index is 13.3. The molecule has 1 amide bonds. The van der Waals surface area contributed by atoms with Crippen molar-refractivity contribution in [1.82, 2.24) is 34.4 Å². The van der Waals surface area contributed by atoms with E-state index < -0.39 is 102 Å². The van der Waals surface area contributed by atoms with Gasteiger partial charge in [0.05, 0.1) is 19.5 Å². The van der Waals surface area contributed by atoms with Gasteiger partial charge in [-0.1, -0.05) is 0 Å². The summed E-state index contributed by atoms with van der Waals surface area (Å²) in [7, 11) is -10.3. The van der Waals surface area contributed by atoms with E-state index in [2.05, 4.69) is 24.5 Å². The summed E-state index contributed by atoms with van der Waals surface area (Å²) < 4.78 is 96.1. The number of halogens is 3. The third-order valence-corrected chi connectivity index (χ3v) is 9.93. The molecule has 2 aliphatic heterocycles. The quantitative estimate of drug-likeness (QED) is 0.0434. The Morgan fingerprint density at radius 3 is 2.46 bits per heavy atom. The summed E-state index contributed by atoms with van der Waals surface area (Å²) in [5.74, 6) is -3.41. The molecule has 5 heterocycles. The Balaban J connectivity index is 1.29. The number of hydrogen-bond donors (Lipinski definition) is 8. The Labute approximate surface area is 317 Å². The number of carbonyl (C=O) groups excluding carboxylic acids is 2. The first-order chi connectivity index (χ1) is 26.6. The van der Waals surface area contributed by atoms with Crippen molar-refractivity contribution in [2.75, 3.05) is 31.2 Å². The van der Waals surface area contributed by atoms with Gasteiger partial charge in [-0.05, 0) is 25.3 Å². The number of hydrogen-bond acceptors (Lipinski definition) is 19. The van der Waals surface area contributed by atoms with E-state index in [4.69, 9.17) is 40.5 Å². The number of rotatable bonds is 17. The molecule has 3 aromatic rings. The Morgan fingerprint density at radius 2 is 1.77 bits per heavy atom. The number of nitrogens with one attached hydrogen (secondary N) is 1. The number of nitrogens with zero attached hydrogens (tertiary/aromatic N) is 6. The van der Waals surface area contributed by atoms with E-state index in [0.29, 0.717) is 0 Å². The van der Waals surface area contributed by atoms with Gasteiger partial charge in [0.1, 0.15) is 54.3 Å². The molecule has 0 radical (unpaired) electrons. The highest BCUT2D eigenvalue weighted by molar-refractivity contribution is 7.47. The molecule has 2 saturated heterocycles. The molecule has 0 saturated carbocycles. The van der Waals surface area contributed by atoms with Gasteiger partial charge in [-0.2, -0.15) is 18.2 Å². The Hall–Kier alpha value is -4.18. The molecule has 0 aromatic carbocycles. The fourth-order valence-corrected chi connectivity index (χ4v) is 7.03. The molecule has 0 aliphatic carbocycles. The van der Waals surface area contributed by atoms with Crippen LogP contribution < -0.4 is 28.2 Å². The number of ether oxygens (including phenoxy) is 3. The lowest BCUT2D eigenvalue weighted by Gasteiger charge is -2.24. The van der Waals surface area contributed by atoms with Crippen molar-refractivity contribution in [3.8, 4) is 0 Å². The van der Waals surface area contributed by atoms with Crippen LogP contribution in [0.4, 0.5) is 24.8 Å². The number of anilines is 2. The monoisotopic (exact) mass is 860 g/mol. The van der Waals surface area contributed by atoms with Crippen molar-refractivity contribution in [1.29, 1.82) is 0 Å². The van der Waals surface area contributed by atoms with E-state index in [1.54, 1.807) is 5.32 Å². The molecule has 2 fully saturated rings. The average molecular weight is 861 g/mol. The molecule has 25 nitrogen and oxygen atoms in total. The standard InChI is InChI=1S/C27H37F3N10O15P2/c28-27(29,30)25(43)34-5-2-1-3-12(31)24(42)54-20-15(53-23(19(20)41)40-11-37-18-21(33)35-10-36-22(18)40)9-51-57(48,49)55-13-7-17(39-6-4-16(32)38-26(39)44)52-14(13)8-50-56(45,46)47/h4,6,10-15,17,19-20,23,41H,1-3,5,7-9,31H2,(H,34,43)(H,48,49)(H2,32,38,44)(H2,33,35,36)(H2,45,46,47)/t12-,13-,14+,15+,17+,19+,20+,23+/m0/s1. The lowest BCUT2D eigenvalue weighted by Crippen LogP contribution is -2.43. The van der Waals surface area contributed by atoms with Crippen molar-refractivity contribution in [2.45, 2.75) is 80.9 Å². The van der Waals surface area contributed by atoms with Crippen LogP contribution in [0, 0.1) is 0 Å². The van der Waals surface area contributed by atoms with Gasteiger partial charge < -0.3 is 56.5 Å². The minimum absolute atomic E-state index is 0.00760. The van der Waals surface area contributed by atoms with Gasteiger partial charge in [0, 0.05) is 19.2 Å². The predicted molar refractivity (Wildman–Crippen MR) is 181 cm³/mol. The van der Waals surface area contributed by atoms with Crippen molar-refractivity contribution < 1.29 is 79.5 Å². The topological polar surface area (TPSA) is 373 Å². The third-order valence-electron chi connectivity index (χ3n) is 8.43. The summed E-state index contributed by atoms with van der Waals surface area (Å²) in [5.41, 5.74) is 16.6. The smallest absolute Gasteiger partial charge is 0.455 e. The molecular formula is C27H37F3N10O15P2. The van der Waals surface area contributed by atoms with Gasteiger partial charge in [-0.3, -0.25) is 32.3 Å². The fourth-order valence-electron chi connectivity index (χ4n) is 5.73. The van der Waals surface area contributed by atoms with Crippen LogP contribution in [0.1, 0.15) is 38.1 Å². The molecule has 0 spiro atoms. The van der Waals surface area contributed by atoms with Crippen LogP contribution in [0.25, 0.3) is 11.2 Å². The van der Waals surface area contributed by atoms with Crippen molar-refractivity contribution in [3.63, 3.8) is 0 Å². The number of imidazole rings is 1. The number of amides is 1. The van der Waals surface area contributed by atoms with Crippen molar-refractivity contribution in [3.05, 3.63) is 35.4 Å². The number of phosphoric ester groups is 2. The van der Waals surface area contributed by atoms with Crippen LogP contribution in [-0.4, -0.2) is 123 Å². The Bertz CT molecular complexity index is 2070. The van der Waals surface area contributed by atoms with E-state index >= 15 is 0 Å². The van der Waals surface area contributed by atoms with E-state index in [0.717, 1.165) is 10.9 Å². The molecule has 1 unspecified atom stereocenters. The predicted octanol–water partition coefficient (Wildman–Crippen LogP) is -1.51. The van der Waals surface area contributed by atoms with Gasteiger partial charge in [0.25, 0.3) is 0 Å². The summed E-state index contributed by atoms with van der Waals surface area (Å²) in [6, 6.07) is -0.145. The molecule has 11 N–H and O–H groups in total. The van der Waals surface area contributed by atoms with Crippen LogP contribution in [0.5, 0.6) is 0 Å². The van der Waals surface area contributed by atoms with Crippen LogP contribution >= 0.6 is 15.6 Å². The number of aromatic nitrogens is 6. The van der Waals surface area contributed by atoms with Crippen LogP contribution in [0.15, 0.2) is 29.7 Å². The molecule has 9 atom stereocenters. The van der Waals surface area contributed by atoms with E-state index in [1.165, 1.54) is 23.2 Å². The zero-order valence-corrected chi connectivity index (χ0v) is 30.9. The summed E-state index contributed by atoms with van der Waals surface area (Å²) >= 11 is 0. The third kappa shape index (κ3) is 11.3. The molecular weight excluding hydrogens is 823 g/mol. The number of alkyl halides is 3. The first kappa shape index (κ1) is 43.9. The van der Waals surface area contributed by atoms with E-state index in [-0.39, 0.29) is 55.0 Å². The fraction of sp³-hybridized carbons (Fsp3) is 0.593. The summed E-state index contributed by atoms with van der Waals surface area (Å²) in [6.45, 7) is -2.18. The molecule has 316 valence electrons. The molecule has 3 aromatic heterocycles. The van der Waals surface area contributed by atoms with Gasteiger partial charge in [-0.25, -0.2) is 28.9 Å². The molecule has 2 aliphatic rings. The number of nitrogens with two attached hydrogens (primary N) is 3. The summed E-state index contributed by atoms with van der Waals surface area (Å²) in [6.07, 6.45) is -12.7. The summed E-state index contributed by atoms with van der Waals surface area (Å²) in [5, 5.41) is 13.0. The minimum Gasteiger partial charge on any atom is -0.455 e. The second-order valence-corrected chi connectivity index (χ2v) is 15.1. The van der Waals surface area contributed by atoms with Crippen molar-refractivity contribution >= 4 is 50.3 Å². The number of carbonyl (C=O) groups is 2. The van der Waals surface area contributed by atoms with Crippen LogP contribution in [-0.2, 0) is 46.5 Å². The normalized spacial score (nSPS) is 25.6. The second-order valence-electron chi connectivity index (χ2n) is 12.5. The van der Waals surface area contributed by atoms with Crippen LogP contribution in [0.2, 0.25) is 0 Å². The lowest BCUT2D eigenvalue weighted by molar-refractivity contribution is -0.173. The first-order valence-electron chi connectivity index (χ1n) is 16.6. The number of esters is 1. The zero-order valence-electron chi connectivity index (χ0n) is 29.1. The maximum atomic E-state index is 13.3. The minimum atomic E-state index is -5.23. The highest BCUT2D eigenvalue weighted by Crippen LogP contribution is 2.50. The number of fused-ring (bicyclic) bond motifs is 1. The van der Waals surface area contributed by atoms with E-state index in [1.807, 2.05) is 0 Å². The van der Waals surface area contributed by atoms with Gasteiger partial charge in [-0.15, -0.1) is 0 Å². The van der Waals surface area contributed by atoms with Crippen LogP contribution in [0.3, 0.4) is 0 Å². The molecule has 0 bridgehead atoms. The van der Waals surface area contributed by atoms with Crippen molar-refractivity contribution in [2.24, 2.45) is 5.73 Å². The molecule has 57 heavy (non-hydrogen) atoms. The Morgan fingerprint density at radius 1 is 1.05 bits per heavy atom. The number of nitrogen functional groups attached to an aromatic ring is 2. The molecule has 30 heteroatoms.